The lowest BCUT2D eigenvalue weighted by molar-refractivity contribution is -0.125. The first-order valence-corrected chi connectivity index (χ1v) is 10.7. The predicted octanol–water partition coefficient (Wildman–Crippen LogP) is 2.96. The highest BCUT2D eigenvalue weighted by molar-refractivity contribution is 14.0. The Labute approximate surface area is 196 Å². The topological polar surface area (TPSA) is 98.0 Å². The number of benzene rings is 1. The third-order valence-corrected chi connectivity index (χ3v) is 6.04. The molecule has 1 amide bonds. The van der Waals surface area contributed by atoms with E-state index in [1.54, 1.807) is 0 Å². The van der Waals surface area contributed by atoms with E-state index in [9.17, 15) is 4.79 Å². The minimum atomic E-state index is -0.487. The van der Waals surface area contributed by atoms with E-state index in [1.165, 1.54) is 25.7 Å². The van der Waals surface area contributed by atoms with Gasteiger partial charge in [-0.15, -0.1) is 24.0 Å². The van der Waals surface area contributed by atoms with Gasteiger partial charge in [0.05, 0.1) is 12.6 Å². The molecule has 4 N–H and O–H groups in total. The molecule has 7 nitrogen and oxygen atoms in total. The molecule has 0 radical (unpaired) electrons. The second kappa shape index (κ2) is 11.7. The first-order valence-electron chi connectivity index (χ1n) is 10.7. The van der Waals surface area contributed by atoms with Crippen LogP contribution in [0.1, 0.15) is 51.5 Å². The molecule has 0 aromatic heterocycles. The Hall–Kier alpha value is -1.55. The number of rotatable bonds is 9. The van der Waals surface area contributed by atoms with Gasteiger partial charge in [0.1, 0.15) is 5.75 Å². The van der Waals surface area contributed by atoms with E-state index in [0.717, 1.165) is 31.1 Å². The largest absolute Gasteiger partial charge is 0.484 e. The summed E-state index contributed by atoms with van der Waals surface area (Å²) in [7, 11) is 0. The first-order chi connectivity index (χ1) is 14.1. The highest BCUT2D eigenvalue weighted by Crippen LogP contribution is 2.54. The molecule has 2 aliphatic carbocycles. The molecule has 1 aromatic carbocycles. The number of aliphatic imine (C=N–C) groups is 1. The second-order valence-corrected chi connectivity index (χ2v) is 7.91. The maximum absolute atomic E-state index is 10.9. The second-order valence-electron chi connectivity index (χ2n) is 7.91. The van der Waals surface area contributed by atoms with E-state index in [-0.39, 0.29) is 36.0 Å². The quantitative estimate of drug-likeness (QED) is 0.259. The highest BCUT2D eigenvalue weighted by atomic mass is 127. The molecule has 8 heteroatoms. The monoisotopic (exact) mass is 530 g/mol. The van der Waals surface area contributed by atoms with Crippen LogP contribution in [0.15, 0.2) is 29.3 Å². The van der Waals surface area contributed by atoms with Gasteiger partial charge in [-0.25, -0.2) is 4.99 Å². The van der Waals surface area contributed by atoms with E-state index in [4.69, 9.17) is 20.2 Å². The van der Waals surface area contributed by atoms with Crippen molar-refractivity contribution in [1.82, 2.24) is 10.6 Å². The molecule has 2 unspecified atom stereocenters. The number of ether oxygens (including phenoxy) is 2. The van der Waals surface area contributed by atoms with Crippen molar-refractivity contribution < 1.29 is 14.3 Å². The normalized spacial score (nSPS) is 22.1. The highest BCUT2D eigenvalue weighted by Gasteiger charge is 2.56. The molecule has 0 saturated heterocycles. The summed E-state index contributed by atoms with van der Waals surface area (Å²) in [6, 6.07) is 8.00. The van der Waals surface area contributed by atoms with Crippen molar-refractivity contribution in [2.75, 3.05) is 19.8 Å². The summed E-state index contributed by atoms with van der Waals surface area (Å²) in [5.74, 6) is 0.971. The van der Waals surface area contributed by atoms with Crippen LogP contribution in [0.5, 0.6) is 5.75 Å². The zero-order valence-electron chi connectivity index (χ0n) is 18.0. The third kappa shape index (κ3) is 6.00. The molecule has 2 atom stereocenters. The Balaban J connectivity index is 0.00000320. The average molecular weight is 530 g/mol. The van der Waals surface area contributed by atoms with Gasteiger partial charge in [0, 0.05) is 24.6 Å². The molecular formula is C22H35IN4O3. The lowest BCUT2D eigenvalue weighted by Gasteiger charge is -2.54. The van der Waals surface area contributed by atoms with Crippen LogP contribution in [0.2, 0.25) is 0 Å². The van der Waals surface area contributed by atoms with Crippen LogP contribution < -0.4 is 21.1 Å². The minimum Gasteiger partial charge on any atom is -0.484 e. The van der Waals surface area contributed by atoms with E-state index in [2.05, 4.69) is 24.5 Å². The zero-order chi connectivity index (χ0) is 20.7. The molecule has 30 heavy (non-hydrogen) atoms. The van der Waals surface area contributed by atoms with Gasteiger partial charge >= 0.3 is 0 Å². The van der Waals surface area contributed by atoms with Gasteiger partial charge in [-0.05, 0) is 50.8 Å². The van der Waals surface area contributed by atoms with E-state index >= 15 is 0 Å². The van der Waals surface area contributed by atoms with Crippen LogP contribution in [0.3, 0.4) is 0 Å². The van der Waals surface area contributed by atoms with Crippen molar-refractivity contribution in [3.05, 3.63) is 29.8 Å². The van der Waals surface area contributed by atoms with Gasteiger partial charge < -0.3 is 25.8 Å². The van der Waals surface area contributed by atoms with Crippen LogP contribution in [0.25, 0.3) is 0 Å². The van der Waals surface area contributed by atoms with Gasteiger partial charge in [0.15, 0.2) is 12.6 Å². The number of carbonyl (C=O) groups is 1. The summed E-state index contributed by atoms with van der Waals surface area (Å²) in [6.45, 7) is 6.14. The van der Waals surface area contributed by atoms with E-state index in [1.807, 2.05) is 24.3 Å². The lowest BCUT2D eigenvalue weighted by atomic mass is 9.60. The Bertz CT molecular complexity index is 722. The fourth-order valence-electron chi connectivity index (χ4n) is 4.63. The fourth-order valence-corrected chi connectivity index (χ4v) is 4.63. The summed E-state index contributed by atoms with van der Waals surface area (Å²) < 4.78 is 11.4. The summed E-state index contributed by atoms with van der Waals surface area (Å²) in [5, 5.41) is 7.03. The third-order valence-electron chi connectivity index (χ3n) is 6.04. The molecule has 2 aliphatic rings. The van der Waals surface area contributed by atoms with Gasteiger partial charge in [-0.1, -0.05) is 25.0 Å². The van der Waals surface area contributed by atoms with Gasteiger partial charge in [0.25, 0.3) is 5.91 Å². The molecule has 2 saturated carbocycles. The first kappa shape index (κ1) is 24.7. The number of hydrogen-bond donors (Lipinski definition) is 3. The average Bonchev–Trinajstić information content (AvgIpc) is 3.23. The SMILES string of the molecule is CCNC(=NCc1cccc(OCC(N)=O)c1)NC1CC(OCC)C12CCCC2.I. The van der Waals surface area contributed by atoms with Crippen molar-refractivity contribution in [2.24, 2.45) is 16.1 Å². The summed E-state index contributed by atoms with van der Waals surface area (Å²) >= 11 is 0. The van der Waals surface area contributed by atoms with Crippen LogP contribution >= 0.6 is 24.0 Å². The molecule has 0 bridgehead atoms. The van der Waals surface area contributed by atoms with Crippen molar-refractivity contribution >= 4 is 35.8 Å². The predicted molar refractivity (Wildman–Crippen MR) is 129 cm³/mol. The van der Waals surface area contributed by atoms with Crippen molar-refractivity contribution in [3.8, 4) is 5.75 Å². The number of nitrogens with one attached hydrogen (secondary N) is 2. The van der Waals surface area contributed by atoms with E-state index in [0.29, 0.717) is 24.4 Å². The maximum Gasteiger partial charge on any atom is 0.255 e. The van der Waals surface area contributed by atoms with Gasteiger partial charge in [-0.3, -0.25) is 4.79 Å². The van der Waals surface area contributed by atoms with Crippen LogP contribution in [-0.4, -0.2) is 43.8 Å². The van der Waals surface area contributed by atoms with Crippen molar-refractivity contribution in [1.29, 1.82) is 0 Å². The summed E-state index contributed by atoms with van der Waals surface area (Å²) in [6.07, 6.45) is 6.44. The fraction of sp³-hybridized carbons (Fsp3) is 0.636. The number of nitrogens with two attached hydrogens (primary N) is 1. The van der Waals surface area contributed by atoms with Gasteiger partial charge in [0.2, 0.25) is 0 Å². The number of guanidine groups is 1. The molecule has 3 rings (SSSR count). The standard InChI is InChI=1S/C22H34N4O3.HI/c1-3-24-21(25-14-16-8-7-9-17(12-16)29-15-20(23)27)26-18-13-19(28-4-2)22(18)10-5-6-11-22;/h7-9,12,18-19H,3-6,10-11,13-15H2,1-2H3,(H2,23,27)(H2,24,25,26);1H. The van der Waals surface area contributed by atoms with Crippen molar-refractivity contribution in [3.63, 3.8) is 0 Å². The number of amides is 1. The van der Waals surface area contributed by atoms with Crippen LogP contribution in [0.4, 0.5) is 0 Å². The number of primary amides is 1. The molecule has 2 fully saturated rings. The molecule has 168 valence electrons. The Morgan fingerprint density at radius 2 is 2.07 bits per heavy atom. The molecular weight excluding hydrogens is 495 g/mol. The smallest absolute Gasteiger partial charge is 0.255 e. The minimum absolute atomic E-state index is 0. The van der Waals surface area contributed by atoms with Crippen LogP contribution in [0, 0.1) is 5.41 Å². The molecule has 0 aliphatic heterocycles. The van der Waals surface area contributed by atoms with Gasteiger partial charge in [-0.2, -0.15) is 0 Å². The number of hydrogen-bond acceptors (Lipinski definition) is 4. The Kier molecular flexibility index (Phi) is 9.67. The molecule has 0 heterocycles. The maximum atomic E-state index is 10.9. The number of nitrogens with zero attached hydrogens (tertiary/aromatic N) is 1. The Morgan fingerprint density at radius 1 is 1.30 bits per heavy atom. The summed E-state index contributed by atoms with van der Waals surface area (Å²) in [4.78, 5) is 15.7. The molecule has 1 aromatic rings. The van der Waals surface area contributed by atoms with E-state index < -0.39 is 5.91 Å². The number of carbonyl (C=O) groups excluding carboxylic acids is 1. The van der Waals surface area contributed by atoms with Crippen LogP contribution in [-0.2, 0) is 16.1 Å². The lowest BCUT2D eigenvalue weighted by Crippen LogP contribution is -2.65. The summed E-state index contributed by atoms with van der Waals surface area (Å²) in [5.41, 5.74) is 6.41. The number of halogens is 1. The zero-order valence-corrected chi connectivity index (χ0v) is 20.3. The Morgan fingerprint density at radius 3 is 2.73 bits per heavy atom. The van der Waals surface area contributed by atoms with Crippen molar-refractivity contribution in [2.45, 2.75) is 64.6 Å². The molecule has 1 spiro atoms.